The molecule has 0 bridgehead atoms. The number of imidazole rings is 1. The monoisotopic (exact) mass is 246 g/mol. The summed E-state index contributed by atoms with van der Waals surface area (Å²) in [5, 5.41) is -0.0419. The summed E-state index contributed by atoms with van der Waals surface area (Å²) in [6.45, 7) is 5.15. The molecule has 0 atom stereocenters. The van der Waals surface area contributed by atoms with Crippen molar-refractivity contribution in [1.29, 1.82) is 0 Å². The highest BCUT2D eigenvalue weighted by Crippen LogP contribution is 1.99. The molecule has 0 amide bonds. The van der Waals surface area contributed by atoms with Gasteiger partial charge in [-0.1, -0.05) is 0 Å². The minimum atomic E-state index is -3.48. The first-order chi connectivity index (χ1) is 7.43. The lowest BCUT2D eigenvalue weighted by molar-refractivity contribution is 0.278. The van der Waals surface area contributed by atoms with Gasteiger partial charge in [0, 0.05) is 31.5 Å². The molecular formula is C9H18N4O2S. The Morgan fingerprint density at radius 1 is 1.56 bits per heavy atom. The maximum Gasteiger partial charge on any atom is 0.274 e. The molecule has 7 heteroatoms. The summed E-state index contributed by atoms with van der Waals surface area (Å²) in [5.74, 6) is 0. The molecule has 2 N–H and O–H groups in total. The van der Waals surface area contributed by atoms with Crippen molar-refractivity contribution < 1.29 is 8.42 Å². The molecule has 1 aromatic rings. The fraction of sp³-hybridized carbons (Fsp3) is 0.667. The van der Waals surface area contributed by atoms with E-state index in [1.54, 1.807) is 0 Å². The third-order valence-electron chi connectivity index (χ3n) is 2.37. The highest BCUT2D eigenvalue weighted by atomic mass is 32.2. The normalized spacial score (nSPS) is 12.6. The number of aromatic amines is 1. The second kappa shape index (κ2) is 5.42. The molecule has 1 rings (SSSR count). The Balaban J connectivity index is 2.44. The van der Waals surface area contributed by atoms with E-state index in [1.807, 2.05) is 7.05 Å². The molecule has 0 radical (unpaired) electrons. The molecular weight excluding hydrogens is 228 g/mol. The van der Waals surface area contributed by atoms with Crippen LogP contribution in [0.5, 0.6) is 0 Å². The van der Waals surface area contributed by atoms with Crippen molar-refractivity contribution in [2.45, 2.75) is 25.0 Å². The SMILES string of the molecule is CC(C)N(C)CCNS(=O)(=O)c1ncc[nH]1. The van der Waals surface area contributed by atoms with Crippen LogP contribution in [0.1, 0.15) is 13.8 Å². The summed E-state index contributed by atoms with van der Waals surface area (Å²) >= 11 is 0. The molecule has 0 fully saturated rings. The first-order valence-corrected chi connectivity index (χ1v) is 6.61. The Hall–Kier alpha value is -0.920. The fourth-order valence-electron chi connectivity index (χ4n) is 1.08. The van der Waals surface area contributed by atoms with Gasteiger partial charge in [-0.2, -0.15) is 0 Å². The Kier molecular flexibility index (Phi) is 4.45. The van der Waals surface area contributed by atoms with Crippen molar-refractivity contribution >= 4 is 10.0 Å². The van der Waals surface area contributed by atoms with Gasteiger partial charge in [0.1, 0.15) is 0 Å². The largest absolute Gasteiger partial charge is 0.334 e. The Morgan fingerprint density at radius 3 is 2.75 bits per heavy atom. The smallest absolute Gasteiger partial charge is 0.274 e. The molecule has 0 saturated heterocycles. The quantitative estimate of drug-likeness (QED) is 0.742. The molecule has 0 aromatic carbocycles. The van der Waals surface area contributed by atoms with Gasteiger partial charge in [-0.05, 0) is 20.9 Å². The van der Waals surface area contributed by atoms with Gasteiger partial charge in [-0.25, -0.2) is 18.1 Å². The molecule has 0 unspecified atom stereocenters. The highest BCUT2D eigenvalue weighted by Gasteiger charge is 2.16. The van der Waals surface area contributed by atoms with Crippen LogP contribution >= 0.6 is 0 Å². The number of sulfonamides is 1. The van der Waals surface area contributed by atoms with E-state index in [0.717, 1.165) is 0 Å². The molecule has 6 nitrogen and oxygen atoms in total. The number of likely N-dealkylation sites (N-methyl/N-ethyl adjacent to an activating group) is 1. The van der Waals surface area contributed by atoms with E-state index < -0.39 is 10.0 Å². The minimum Gasteiger partial charge on any atom is -0.334 e. The predicted molar refractivity (Wildman–Crippen MR) is 61.5 cm³/mol. The highest BCUT2D eigenvalue weighted by molar-refractivity contribution is 7.89. The van der Waals surface area contributed by atoms with Gasteiger partial charge < -0.3 is 9.88 Å². The second-order valence-corrected chi connectivity index (χ2v) is 5.55. The van der Waals surface area contributed by atoms with Crippen molar-refractivity contribution in [1.82, 2.24) is 19.6 Å². The van der Waals surface area contributed by atoms with Crippen LogP contribution in [0.2, 0.25) is 0 Å². The van der Waals surface area contributed by atoms with Crippen molar-refractivity contribution in [2.24, 2.45) is 0 Å². The number of hydrogen-bond acceptors (Lipinski definition) is 4. The van der Waals surface area contributed by atoms with Gasteiger partial charge in [0.2, 0.25) is 5.16 Å². The molecule has 0 spiro atoms. The lowest BCUT2D eigenvalue weighted by Crippen LogP contribution is -2.36. The van der Waals surface area contributed by atoms with Crippen LogP contribution in [0.4, 0.5) is 0 Å². The van der Waals surface area contributed by atoms with E-state index >= 15 is 0 Å². The van der Waals surface area contributed by atoms with Crippen LogP contribution < -0.4 is 4.72 Å². The third kappa shape index (κ3) is 3.58. The van der Waals surface area contributed by atoms with E-state index in [0.29, 0.717) is 19.1 Å². The van der Waals surface area contributed by atoms with Gasteiger partial charge in [-0.3, -0.25) is 0 Å². The number of nitrogens with zero attached hydrogens (tertiary/aromatic N) is 2. The van der Waals surface area contributed by atoms with E-state index in [-0.39, 0.29) is 5.16 Å². The maximum absolute atomic E-state index is 11.6. The molecule has 1 heterocycles. The number of H-pyrrole nitrogens is 1. The topological polar surface area (TPSA) is 78.1 Å². The lowest BCUT2D eigenvalue weighted by atomic mass is 10.3. The average molecular weight is 246 g/mol. The number of hydrogen-bond donors (Lipinski definition) is 2. The maximum atomic E-state index is 11.6. The molecule has 16 heavy (non-hydrogen) atoms. The van der Waals surface area contributed by atoms with Crippen LogP contribution in [-0.4, -0.2) is 49.5 Å². The molecule has 0 aliphatic heterocycles. The molecule has 92 valence electrons. The molecule has 0 saturated carbocycles. The summed E-state index contributed by atoms with van der Waals surface area (Å²) in [4.78, 5) is 8.32. The van der Waals surface area contributed by atoms with Crippen LogP contribution in [0.15, 0.2) is 17.6 Å². The summed E-state index contributed by atoms with van der Waals surface area (Å²) in [6, 6.07) is 0.396. The lowest BCUT2D eigenvalue weighted by Gasteiger charge is -2.20. The summed E-state index contributed by atoms with van der Waals surface area (Å²) < 4.78 is 25.7. The molecule has 0 aliphatic rings. The van der Waals surface area contributed by atoms with Crippen molar-refractivity contribution in [3.05, 3.63) is 12.4 Å². The minimum absolute atomic E-state index is 0.0419. The molecule has 1 aromatic heterocycles. The van der Waals surface area contributed by atoms with E-state index in [1.165, 1.54) is 12.4 Å². The van der Waals surface area contributed by atoms with Gasteiger partial charge in [-0.15, -0.1) is 0 Å². The number of nitrogens with one attached hydrogen (secondary N) is 2. The van der Waals surface area contributed by atoms with Crippen molar-refractivity contribution in [3.8, 4) is 0 Å². The Morgan fingerprint density at radius 2 is 2.25 bits per heavy atom. The number of aromatic nitrogens is 2. The predicted octanol–water partition coefficient (Wildman–Crippen LogP) is 0.0282. The molecule has 0 aliphatic carbocycles. The second-order valence-electron chi connectivity index (χ2n) is 3.87. The summed E-state index contributed by atoms with van der Waals surface area (Å²) in [7, 11) is -1.53. The van der Waals surface area contributed by atoms with Crippen molar-refractivity contribution in [3.63, 3.8) is 0 Å². The van der Waals surface area contributed by atoms with E-state index in [2.05, 4.69) is 33.4 Å². The fourth-order valence-corrected chi connectivity index (χ4v) is 2.00. The van der Waals surface area contributed by atoms with Gasteiger partial charge in [0.05, 0.1) is 0 Å². The number of rotatable bonds is 6. The van der Waals surface area contributed by atoms with Gasteiger partial charge >= 0.3 is 0 Å². The Bertz CT molecular complexity index is 399. The first kappa shape index (κ1) is 13.1. The zero-order chi connectivity index (χ0) is 12.2. The van der Waals surface area contributed by atoms with E-state index in [4.69, 9.17) is 0 Å². The standard InChI is InChI=1S/C9H18N4O2S/c1-8(2)13(3)7-6-12-16(14,15)9-10-4-5-11-9/h4-5,8,12H,6-7H2,1-3H3,(H,10,11). The summed E-state index contributed by atoms with van der Waals surface area (Å²) in [5.41, 5.74) is 0. The van der Waals surface area contributed by atoms with Crippen LogP contribution in [0.25, 0.3) is 0 Å². The zero-order valence-electron chi connectivity index (χ0n) is 9.77. The van der Waals surface area contributed by atoms with Crippen LogP contribution in [0, 0.1) is 0 Å². The van der Waals surface area contributed by atoms with Crippen LogP contribution in [0.3, 0.4) is 0 Å². The van der Waals surface area contributed by atoms with Crippen molar-refractivity contribution in [2.75, 3.05) is 20.1 Å². The Labute approximate surface area is 96.1 Å². The average Bonchev–Trinajstić information content (AvgIpc) is 2.70. The third-order valence-corrected chi connectivity index (χ3v) is 3.68. The van der Waals surface area contributed by atoms with E-state index in [9.17, 15) is 8.42 Å². The first-order valence-electron chi connectivity index (χ1n) is 5.13. The van der Waals surface area contributed by atoms with Crippen LogP contribution in [-0.2, 0) is 10.0 Å². The van der Waals surface area contributed by atoms with Gasteiger partial charge in [0.25, 0.3) is 10.0 Å². The zero-order valence-corrected chi connectivity index (χ0v) is 10.6. The summed E-state index contributed by atoms with van der Waals surface area (Å²) in [6.07, 6.45) is 2.89. The van der Waals surface area contributed by atoms with Gasteiger partial charge in [0.15, 0.2) is 0 Å².